The van der Waals surface area contributed by atoms with Crippen LogP contribution < -0.4 is 10.6 Å². The quantitative estimate of drug-likeness (QED) is 0.375. The van der Waals surface area contributed by atoms with Crippen LogP contribution in [0.4, 0.5) is 23.4 Å². The number of alkyl halides is 4. The summed E-state index contributed by atoms with van der Waals surface area (Å²) in [6.07, 6.45) is 1.61. The summed E-state index contributed by atoms with van der Waals surface area (Å²) in [5, 5.41) is 0.733. The van der Waals surface area contributed by atoms with Gasteiger partial charge in [0.15, 0.2) is 0 Å². The number of imidazole rings is 1. The van der Waals surface area contributed by atoms with Crippen molar-refractivity contribution in [2.24, 2.45) is 7.05 Å². The number of anilines is 1. The van der Waals surface area contributed by atoms with Gasteiger partial charge in [0.25, 0.3) is 0 Å². The molecule has 1 fully saturated rings. The first-order valence-corrected chi connectivity index (χ1v) is 10.4. The highest BCUT2D eigenvalue weighted by Crippen LogP contribution is 2.42. The standard InChI is InChI=1S/C21H16BrF4N5O/c1-11-15(5-6-17(28-11)30-9-20(23,24)21(25,26)10-30)31-18-13-7-12(22)3-4-14(13)27-8-16(18)29(2)19(31)32/h3-8H,9-10H2,1-2H3. The van der Waals surface area contributed by atoms with Crippen LogP contribution in [0.3, 0.4) is 0 Å². The van der Waals surface area contributed by atoms with Gasteiger partial charge in [-0.05, 0) is 37.3 Å². The van der Waals surface area contributed by atoms with Crippen LogP contribution in [0.1, 0.15) is 5.69 Å². The first-order valence-electron chi connectivity index (χ1n) is 9.64. The third-order valence-corrected chi connectivity index (χ3v) is 6.26. The lowest BCUT2D eigenvalue weighted by atomic mass is 10.2. The maximum absolute atomic E-state index is 13.6. The number of hydrogen-bond acceptors (Lipinski definition) is 4. The number of aromatic nitrogens is 4. The fraction of sp³-hybridized carbons (Fsp3) is 0.286. The van der Waals surface area contributed by atoms with E-state index in [-0.39, 0.29) is 11.5 Å². The van der Waals surface area contributed by atoms with Crippen molar-refractivity contribution < 1.29 is 17.6 Å². The molecule has 1 aliphatic heterocycles. The second-order valence-corrected chi connectivity index (χ2v) is 8.79. The maximum atomic E-state index is 13.6. The summed E-state index contributed by atoms with van der Waals surface area (Å²) in [7, 11) is 1.62. The van der Waals surface area contributed by atoms with Gasteiger partial charge in [-0.3, -0.25) is 14.1 Å². The molecule has 5 rings (SSSR count). The van der Waals surface area contributed by atoms with Crippen LogP contribution in [0, 0.1) is 6.92 Å². The third kappa shape index (κ3) is 2.94. The fourth-order valence-corrected chi connectivity index (χ4v) is 4.44. The first kappa shape index (κ1) is 20.9. The van der Waals surface area contributed by atoms with Gasteiger partial charge in [0.1, 0.15) is 5.82 Å². The summed E-state index contributed by atoms with van der Waals surface area (Å²) < 4.78 is 58.3. The van der Waals surface area contributed by atoms with E-state index >= 15 is 0 Å². The van der Waals surface area contributed by atoms with E-state index in [1.165, 1.54) is 21.3 Å². The molecule has 11 heteroatoms. The van der Waals surface area contributed by atoms with Gasteiger partial charge in [0.2, 0.25) is 0 Å². The Kier molecular flexibility index (Phi) is 4.43. The molecule has 6 nitrogen and oxygen atoms in total. The van der Waals surface area contributed by atoms with Crippen LogP contribution in [0.5, 0.6) is 0 Å². The molecular weight excluding hydrogens is 494 g/mol. The molecule has 0 atom stereocenters. The molecule has 0 aliphatic carbocycles. The molecule has 0 bridgehead atoms. The number of halogens is 5. The summed E-state index contributed by atoms with van der Waals surface area (Å²) in [6, 6.07) is 8.44. The second kappa shape index (κ2) is 6.77. The summed E-state index contributed by atoms with van der Waals surface area (Å²) in [6.45, 7) is -0.634. The predicted molar refractivity (Wildman–Crippen MR) is 116 cm³/mol. The molecule has 32 heavy (non-hydrogen) atoms. The van der Waals surface area contributed by atoms with E-state index < -0.39 is 24.9 Å². The monoisotopic (exact) mass is 509 g/mol. The Morgan fingerprint density at radius 3 is 2.41 bits per heavy atom. The molecule has 4 heterocycles. The molecule has 0 unspecified atom stereocenters. The van der Waals surface area contributed by atoms with Crippen molar-refractivity contribution in [3.63, 3.8) is 0 Å². The number of pyridine rings is 2. The van der Waals surface area contributed by atoms with Crippen LogP contribution in [0.2, 0.25) is 0 Å². The smallest absolute Gasteiger partial charge is 0.333 e. The highest BCUT2D eigenvalue weighted by molar-refractivity contribution is 9.10. The number of aryl methyl sites for hydroxylation is 2. The predicted octanol–water partition coefficient (Wildman–Crippen LogP) is 4.43. The van der Waals surface area contributed by atoms with E-state index in [4.69, 9.17) is 0 Å². The Morgan fingerprint density at radius 1 is 1.06 bits per heavy atom. The number of nitrogens with zero attached hydrogens (tertiary/aromatic N) is 5. The van der Waals surface area contributed by atoms with E-state index in [1.807, 2.05) is 18.2 Å². The van der Waals surface area contributed by atoms with Crippen molar-refractivity contribution in [2.45, 2.75) is 18.8 Å². The molecule has 1 aliphatic rings. The van der Waals surface area contributed by atoms with Crippen LogP contribution in [0.25, 0.3) is 27.6 Å². The Hall–Kier alpha value is -2.95. The first-order chi connectivity index (χ1) is 15.0. The van der Waals surface area contributed by atoms with Crippen LogP contribution >= 0.6 is 15.9 Å². The van der Waals surface area contributed by atoms with Crippen LogP contribution in [-0.4, -0.2) is 44.0 Å². The molecule has 1 aromatic carbocycles. The summed E-state index contributed by atoms with van der Waals surface area (Å²) in [5.41, 5.74) is 2.32. The zero-order valence-corrected chi connectivity index (χ0v) is 18.5. The second-order valence-electron chi connectivity index (χ2n) is 7.87. The minimum absolute atomic E-state index is 0.00524. The Morgan fingerprint density at radius 2 is 1.75 bits per heavy atom. The van der Waals surface area contributed by atoms with Crippen molar-refractivity contribution in [3.8, 4) is 5.69 Å². The van der Waals surface area contributed by atoms with Gasteiger partial charge in [0, 0.05) is 16.9 Å². The van der Waals surface area contributed by atoms with E-state index in [0.29, 0.717) is 27.9 Å². The molecule has 3 aromatic heterocycles. The van der Waals surface area contributed by atoms with Gasteiger partial charge in [-0.1, -0.05) is 15.9 Å². The lowest BCUT2D eigenvalue weighted by molar-refractivity contribution is -0.172. The number of hydrogen-bond donors (Lipinski definition) is 0. The average Bonchev–Trinajstić information content (AvgIpc) is 3.10. The zero-order chi connectivity index (χ0) is 23.0. The normalized spacial score (nSPS) is 17.5. The van der Waals surface area contributed by atoms with Gasteiger partial charge in [0.05, 0.1) is 47.2 Å². The summed E-state index contributed by atoms with van der Waals surface area (Å²) >= 11 is 3.44. The van der Waals surface area contributed by atoms with Gasteiger partial charge < -0.3 is 4.90 Å². The van der Waals surface area contributed by atoms with E-state index in [9.17, 15) is 22.4 Å². The summed E-state index contributed by atoms with van der Waals surface area (Å²) in [5.74, 6) is -8.26. The van der Waals surface area contributed by atoms with Crippen molar-refractivity contribution in [3.05, 3.63) is 57.2 Å². The van der Waals surface area contributed by atoms with Crippen molar-refractivity contribution in [2.75, 3.05) is 18.0 Å². The largest absolute Gasteiger partial charge is 0.344 e. The van der Waals surface area contributed by atoms with Gasteiger partial charge in [-0.25, -0.2) is 9.78 Å². The molecular formula is C21H16BrF4N5O. The number of benzene rings is 1. The van der Waals surface area contributed by atoms with E-state index in [1.54, 1.807) is 20.2 Å². The molecule has 0 saturated carbocycles. The highest BCUT2D eigenvalue weighted by Gasteiger charge is 2.63. The van der Waals surface area contributed by atoms with E-state index in [0.717, 1.165) is 14.8 Å². The van der Waals surface area contributed by atoms with Crippen molar-refractivity contribution in [1.29, 1.82) is 0 Å². The Bertz CT molecular complexity index is 1450. The van der Waals surface area contributed by atoms with Gasteiger partial charge in [-0.15, -0.1) is 0 Å². The average molecular weight is 510 g/mol. The topological polar surface area (TPSA) is 56.0 Å². The van der Waals surface area contributed by atoms with Crippen LogP contribution in [-0.2, 0) is 7.05 Å². The molecule has 4 aromatic rings. The SMILES string of the molecule is Cc1nc(N2CC(F)(F)C(F)(F)C2)ccc1-n1c(=O)n(C)c2cnc3ccc(Br)cc3c21. The highest BCUT2D eigenvalue weighted by atomic mass is 79.9. The Balaban J connectivity index is 1.69. The minimum atomic E-state index is -4.13. The Labute approximate surface area is 187 Å². The lowest BCUT2D eigenvalue weighted by Crippen LogP contribution is -2.38. The summed E-state index contributed by atoms with van der Waals surface area (Å²) in [4.78, 5) is 22.7. The van der Waals surface area contributed by atoms with E-state index in [2.05, 4.69) is 25.9 Å². The molecule has 1 saturated heterocycles. The molecule has 166 valence electrons. The van der Waals surface area contributed by atoms with Crippen LogP contribution in [0.15, 0.2) is 45.8 Å². The fourth-order valence-electron chi connectivity index (χ4n) is 4.07. The van der Waals surface area contributed by atoms with Gasteiger partial charge >= 0.3 is 17.5 Å². The van der Waals surface area contributed by atoms with Crippen molar-refractivity contribution in [1.82, 2.24) is 19.1 Å². The molecule has 0 N–H and O–H groups in total. The van der Waals surface area contributed by atoms with Crippen molar-refractivity contribution >= 4 is 43.7 Å². The lowest BCUT2D eigenvalue weighted by Gasteiger charge is -2.18. The maximum Gasteiger partial charge on any atom is 0.333 e. The third-order valence-electron chi connectivity index (χ3n) is 5.77. The number of fused-ring (bicyclic) bond motifs is 3. The van der Waals surface area contributed by atoms with Gasteiger partial charge in [-0.2, -0.15) is 17.6 Å². The zero-order valence-electron chi connectivity index (χ0n) is 16.9. The molecule has 0 spiro atoms. The number of rotatable bonds is 2. The minimum Gasteiger partial charge on any atom is -0.344 e. The molecule has 0 amide bonds. The molecule has 0 radical (unpaired) electrons.